The number of hydrogen-bond acceptors (Lipinski definition) is 4. The molecule has 0 saturated carbocycles. The molecule has 0 spiro atoms. The van der Waals surface area contributed by atoms with E-state index in [1.165, 1.54) is 19.2 Å². The van der Waals surface area contributed by atoms with Crippen molar-refractivity contribution in [1.82, 2.24) is 0 Å². The smallest absolute Gasteiger partial charge is 0.269 e. The van der Waals surface area contributed by atoms with Crippen LogP contribution in [0.15, 0.2) is 18.2 Å². The minimum atomic E-state index is -2.87. The normalized spacial score (nSPS) is 10.4. The van der Waals surface area contributed by atoms with Crippen molar-refractivity contribution in [3.63, 3.8) is 0 Å². The summed E-state index contributed by atoms with van der Waals surface area (Å²) < 4.78 is 22.5. The summed E-state index contributed by atoms with van der Waals surface area (Å²) >= 11 is 0. The fourth-order valence-corrected chi connectivity index (χ4v) is 1.63. The lowest BCUT2D eigenvalue weighted by atomic mass is 10.1. The number of nitro benzene ring substituents is 1. The first-order valence-corrected chi connectivity index (χ1v) is 5.75. The fraction of sp³-hybridized carbons (Fsp3) is 0.333. The van der Waals surface area contributed by atoms with Crippen LogP contribution >= 0.6 is 0 Å². The van der Waals surface area contributed by atoms with Crippen LogP contribution in [0.5, 0.6) is 0 Å². The van der Waals surface area contributed by atoms with E-state index in [1.807, 2.05) is 6.92 Å². The zero-order valence-electron chi connectivity index (χ0n) is 8.91. The molecule has 88 valence electrons. The van der Waals surface area contributed by atoms with Gasteiger partial charge in [-0.05, 0) is 18.1 Å². The third-order valence-electron chi connectivity index (χ3n) is 2.24. The predicted molar refractivity (Wildman–Crippen MR) is 61.2 cm³/mol. The van der Waals surface area contributed by atoms with Crippen LogP contribution in [0.25, 0.3) is 0 Å². The van der Waals surface area contributed by atoms with Gasteiger partial charge in [0.1, 0.15) is 5.69 Å². The first-order valence-electron chi connectivity index (χ1n) is 4.62. The largest absolute Gasteiger partial charge is 0.293 e. The summed E-state index contributed by atoms with van der Waals surface area (Å²) in [6.45, 7) is 1.89. The van der Waals surface area contributed by atoms with Crippen LogP contribution in [0.2, 0.25) is 0 Å². The topological polar surface area (TPSA) is 80.5 Å². The van der Waals surface area contributed by atoms with Crippen molar-refractivity contribution in [2.75, 3.05) is 11.4 Å². The lowest BCUT2D eigenvalue weighted by Gasteiger charge is -2.12. The van der Waals surface area contributed by atoms with Crippen molar-refractivity contribution >= 4 is 22.3 Å². The second-order valence-corrected chi connectivity index (χ2v) is 4.27. The van der Waals surface area contributed by atoms with Crippen LogP contribution in [0.4, 0.5) is 11.4 Å². The average Bonchev–Trinajstić information content (AvgIpc) is 2.26. The summed E-state index contributed by atoms with van der Waals surface area (Å²) in [5.74, 6) is 0. The summed E-state index contributed by atoms with van der Waals surface area (Å²) in [6.07, 6.45) is 0.689. The molecule has 0 atom stereocenters. The van der Waals surface area contributed by atoms with Gasteiger partial charge in [-0.3, -0.25) is 14.4 Å². The van der Waals surface area contributed by atoms with E-state index in [9.17, 15) is 18.5 Å². The second kappa shape index (κ2) is 4.93. The van der Waals surface area contributed by atoms with Gasteiger partial charge < -0.3 is 0 Å². The number of nitro groups is 1. The summed E-state index contributed by atoms with van der Waals surface area (Å²) in [5.41, 5.74) is 0.740. The van der Waals surface area contributed by atoms with Crippen LogP contribution in [-0.2, 0) is 17.3 Å². The number of benzene rings is 1. The molecular weight excluding hydrogens is 232 g/mol. The number of hydrogen-bond donors (Lipinski definition) is 1. The highest BCUT2D eigenvalue weighted by Crippen LogP contribution is 2.28. The summed E-state index contributed by atoms with van der Waals surface area (Å²) in [4.78, 5) is 10.1. The standard InChI is InChI=1S/C9H12N2O4S/c1-3-7-4-5-8(11(12)13)9(6-7)10(2)16(14)15/h4-6,16H,3H2,1-2H3. The number of rotatable bonds is 4. The molecule has 0 aliphatic carbocycles. The van der Waals surface area contributed by atoms with E-state index >= 15 is 0 Å². The van der Waals surface area contributed by atoms with E-state index in [0.717, 1.165) is 9.87 Å². The van der Waals surface area contributed by atoms with Gasteiger partial charge in [0.25, 0.3) is 5.69 Å². The Kier molecular flexibility index (Phi) is 3.83. The van der Waals surface area contributed by atoms with E-state index in [2.05, 4.69) is 0 Å². The Balaban J connectivity index is 3.36. The van der Waals surface area contributed by atoms with Crippen molar-refractivity contribution < 1.29 is 13.3 Å². The maximum atomic E-state index is 10.8. The van der Waals surface area contributed by atoms with Gasteiger partial charge in [0.15, 0.2) is 0 Å². The van der Waals surface area contributed by atoms with Gasteiger partial charge in [-0.2, -0.15) is 0 Å². The van der Waals surface area contributed by atoms with Gasteiger partial charge in [0, 0.05) is 13.1 Å². The van der Waals surface area contributed by atoms with Crippen LogP contribution in [0.1, 0.15) is 12.5 Å². The third-order valence-corrected chi connectivity index (χ3v) is 2.94. The zero-order chi connectivity index (χ0) is 12.3. The highest BCUT2D eigenvalue weighted by molar-refractivity contribution is 7.74. The summed E-state index contributed by atoms with van der Waals surface area (Å²) in [6, 6.07) is 4.46. The number of anilines is 1. The molecule has 0 heterocycles. The molecule has 0 fully saturated rings. The Morgan fingerprint density at radius 3 is 2.50 bits per heavy atom. The third kappa shape index (κ3) is 2.48. The average molecular weight is 244 g/mol. The Morgan fingerprint density at radius 2 is 2.06 bits per heavy atom. The second-order valence-electron chi connectivity index (χ2n) is 3.20. The molecule has 0 unspecified atom stereocenters. The van der Waals surface area contributed by atoms with Crippen molar-refractivity contribution in [2.24, 2.45) is 0 Å². The molecule has 0 aromatic heterocycles. The van der Waals surface area contributed by atoms with Gasteiger partial charge >= 0.3 is 0 Å². The maximum Gasteiger partial charge on any atom is 0.293 e. The maximum absolute atomic E-state index is 10.8. The van der Waals surface area contributed by atoms with Gasteiger partial charge in [-0.15, -0.1) is 0 Å². The van der Waals surface area contributed by atoms with Gasteiger partial charge in [-0.25, -0.2) is 8.42 Å². The molecule has 7 heteroatoms. The lowest BCUT2D eigenvalue weighted by Crippen LogP contribution is -2.16. The number of aryl methyl sites for hydroxylation is 1. The molecular formula is C9H12N2O4S. The molecule has 6 nitrogen and oxygen atoms in total. The molecule has 0 bridgehead atoms. The van der Waals surface area contributed by atoms with Crippen LogP contribution < -0.4 is 4.31 Å². The Hall–Kier alpha value is -1.63. The molecule has 1 rings (SSSR count). The van der Waals surface area contributed by atoms with Crippen molar-refractivity contribution in [3.8, 4) is 0 Å². The van der Waals surface area contributed by atoms with E-state index in [1.54, 1.807) is 6.07 Å². The minimum absolute atomic E-state index is 0.0976. The SMILES string of the molecule is CCc1ccc([N+](=O)[O-])c(N(C)[SH](=O)=O)c1. The fourth-order valence-electron chi connectivity index (χ4n) is 1.29. The van der Waals surface area contributed by atoms with Crippen molar-refractivity contribution in [1.29, 1.82) is 0 Å². The van der Waals surface area contributed by atoms with E-state index in [0.29, 0.717) is 6.42 Å². The Labute approximate surface area is 94.7 Å². The summed E-state index contributed by atoms with van der Waals surface area (Å²) in [7, 11) is -1.58. The predicted octanol–water partition coefficient (Wildman–Crippen LogP) is 1.12. The van der Waals surface area contributed by atoms with Crippen LogP contribution in [0, 0.1) is 10.1 Å². The van der Waals surface area contributed by atoms with Crippen LogP contribution in [0.3, 0.4) is 0 Å². The molecule has 1 aromatic rings. The minimum Gasteiger partial charge on any atom is -0.269 e. The molecule has 0 radical (unpaired) electrons. The molecule has 1 aromatic carbocycles. The van der Waals surface area contributed by atoms with Crippen molar-refractivity contribution in [3.05, 3.63) is 33.9 Å². The zero-order valence-corrected chi connectivity index (χ0v) is 9.81. The van der Waals surface area contributed by atoms with Crippen molar-refractivity contribution in [2.45, 2.75) is 13.3 Å². The van der Waals surface area contributed by atoms with E-state index in [4.69, 9.17) is 0 Å². The van der Waals surface area contributed by atoms with E-state index in [-0.39, 0.29) is 11.4 Å². The Morgan fingerprint density at radius 1 is 1.44 bits per heavy atom. The van der Waals surface area contributed by atoms with E-state index < -0.39 is 15.8 Å². The molecule has 16 heavy (non-hydrogen) atoms. The molecule has 0 saturated heterocycles. The summed E-state index contributed by atoms with van der Waals surface area (Å²) in [5, 5.41) is 10.7. The molecule has 0 aliphatic rings. The first kappa shape index (κ1) is 12.4. The van der Waals surface area contributed by atoms with Gasteiger partial charge in [-0.1, -0.05) is 13.0 Å². The lowest BCUT2D eigenvalue weighted by molar-refractivity contribution is -0.384. The molecule has 0 N–H and O–H groups in total. The highest BCUT2D eigenvalue weighted by Gasteiger charge is 2.18. The quantitative estimate of drug-likeness (QED) is 0.489. The molecule has 0 amide bonds. The monoisotopic (exact) mass is 244 g/mol. The number of thiol groups is 1. The highest BCUT2D eigenvalue weighted by atomic mass is 32.2. The molecule has 0 aliphatic heterocycles. The van der Waals surface area contributed by atoms with Gasteiger partial charge in [0.05, 0.1) is 4.92 Å². The Bertz CT molecular complexity index is 476. The van der Waals surface area contributed by atoms with Crippen LogP contribution in [-0.4, -0.2) is 20.4 Å². The first-order chi connectivity index (χ1) is 7.47. The van der Waals surface area contributed by atoms with Gasteiger partial charge in [0.2, 0.25) is 10.9 Å². The number of nitrogens with zero attached hydrogens (tertiary/aromatic N) is 2.